The summed E-state index contributed by atoms with van der Waals surface area (Å²) in [5.41, 5.74) is 7.05. The lowest BCUT2D eigenvalue weighted by Crippen LogP contribution is -1.96. The van der Waals surface area contributed by atoms with Crippen molar-refractivity contribution < 1.29 is 5.11 Å². The molecule has 0 aliphatic rings. The molecule has 0 amide bonds. The van der Waals surface area contributed by atoms with Crippen LogP contribution in [0, 0.1) is 13.8 Å². The lowest BCUT2D eigenvalue weighted by atomic mass is 9.92. The Morgan fingerprint density at radius 2 is 1.52 bits per heavy atom. The first-order valence-electron chi connectivity index (χ1n) is 8.40. The number of phenolic OH excluding ortho intramolecular Hbond substituents is 1. The SMILES string of the molecule is Cc1ccc(O)c(-c2nc3ccccc3c(-c3ccccc3)c2C)c1. The molecule has 0 bridgehead atoms. The number of phenols is 1. The van der Waals surface area contributed by atoms with Gasteiger partial charge in [-0.15, -0.1) is 0 Å². The van der Waals surface area contributed by atoms with Crippen LogP contribution in [-0.4, -0.2) is 10.1 Å². The Labute approximate surface area is 147 Å². The average Bonchev–Trinajstić information content (AvgIpc) is 2.64. The second kappa shape index (κ2) is 6.06. The van der Waals surface area contributed by atoms with E-state index in [1.165, 1.54) is 5.56 Å². The van der Waals surface area contributed by atoms with Crippen LogP contribution in [0.2, 0.25) is 0 Å². The standard InChI is InChI=1S/C23H19NO/c1-15-12-13-21(25)19(14-15)23-16(2)22(17-8-4-3-5-9-17)18-10-6-7-11-20(18)24-23/h3-14,25H,1-2H3. The normalized spacial score (nSPS) is 11.0. The number of aromatic hydroxyl groups is 1. The molecule has 0 spiro atoms. The van der Waals surface area contributed by atoms with E-state index in [4.69, 9.17) is 4.98 Å². The van der Waals surface area contributed by atoms with Crippen molar-refractivity contribution in [1.82, 2.24) is 4.98 Å². The zero-order valence-electron chi connectivity index (χ0n) is 14.3. The van der Waals surface area contributed by atoms with E-state index in [2.05, 4.69) is 25.1 Å². The number of rotatable bonds is 2. The maximum Gasteiger partial charge on any atom is 0.125 e. The van der Waals surface area contributed by atoms with Gasteiger partial charge in [0.05, 0.1) is 11.2 Å². The first kappa shape index (κ1) is 15.4. The van der Waals surface area contributed by atoms with E-state index in [9.17, 15) is 5.11 Å². The van der Waals surface area contributed by atoms with E-state index in [1.54, 1.807) is 6.07 Å². The van der Waals surface area contributed by atoms with Gasteiger partial charge in [0.1, 0.15) is 5.75 Å². The molecule has 1 N–H and O–H groups in total. The number of para-hydroxylation sites is 1. The van der Waals surface area contributed by atoms with E-state index in [1.807, 2.05) is 55.5 Å². The van der Waals surface area contributed by atoms with Crippen LogP contribution in [0.25, 0.3) is 33.3 Å². The van der Waals surface area contributed by atoms with Gasteiger partial charge < -0.3 is 5.11 Å². The fraction of sp³-hybridized carbons (Fsp3) is 0.0870. The zero-order chi connectivity index (χ0) is 17.4. The predicted molar refractivity (Wildman–Crippen MR) is 104 cm³/mol. The third kappa shape index (κ3) is 2.66. The van der Waals surface area contributed by atoms with Crippen molar-refractivity contribution in [3.8, 4) is 28.1 Å². The fourth-order valence-electron chi connectivity index (χ4n) is 3.39. The Morgan fingerprint density at radius 1 is 0.800 bits per heavy atom. The molecule has 0 aliphatic carbocycles. The molecule has 0 unspecified atom stereocenters. The fourth-order valence-corrected chi connectivity index (χ4v) is 3.39. The predicted octanol–water partition coefficient (Wildman–Crippen LogP) is 5.89. The molecule has 2 nitrogen and oxygen atoms in total. The zero-order valence-corrected chi connectivity index (χ0v) is 14.3. The highest BCUT2D eigenvalue weighted by atomic mass is 16.3. The molecule has 3 aromatic carbocycles. The topological polar surface area (TPSA) is 33.1 Å². The quantitative estimate of drug-likeness (QED) is 0.498. The molecule has 0 atom stereocenters. The van der Waals surface area contributed by atoms with Crippen molar-refractivity contribution in [1.29, 1.82) is 0 Å². The van der Waals surface area contributed by atoms with Gasteiger partial charge in [-0.3, -0.25) is 0 Å². The van der Waals surface area contributed by atoms with E-state index >= 15 is 0 Å². The van der Waals surface area contributed by atoms with Crippen molar-refractivity contribution in [2.45, 2.75) is 13.8 Å². The lowest BCUT2D eigenvalue weighted by Gasteiger charge is -2.16. The second-order valence-electron chi connectivity index (χ2n) is 6.36. The lowest BCUT2D eigenvalue weighted by molar-refractivity contribution is 0.477. The molecule has 122 valence electrons. The molecule has 0 aliphatic heterocycles. The number of benzene rings is 3. The van der Waals surface area contributed by atoms with Gasteiger partial charge in [0.2, 0.25) is 0 Å². The number of pyridine rings is 1. The van der Waals surface area contributed by atoms with Crippen molar-refractivity contribution >= 4 is 10.9 Å². The smallest absolute Gasteiger partial charge is 0.125 e. The number of aryl methyl sites for hydroxylation is 1. The average molecular weight is 325 g/mol. The van der Waals surface area contributed by atoms with Crippen LogP contribution in [0.1, 0.15) is 11.1 Å². The minimum atomic E-state index is 0.260. The van der Waals surface area contributed by atoms with Gasteiger partial charge in [0.25, 0.3) is 0 Å². The van der Waals surface area contributed by atoms with E-state index in [0.29, 0.717) is 0 Å². The summed E-state index contributed by atoms with van der Waals surface area (Å²) in [6.45, 7) is 4.11. The van der Waals surface area contributed by atoms with Gasteiger partial charge in [0.15, 0.2) is 0 Å². The molecule has 0 radical (unpaired) electrons. The highest BCUT2D eigenvalue weighted by Crippen LogP contribution is 2.39. The first-order chi connectivity index (χ1) is 12.1. The van der Waals surface area contributed by atoms with Gasteiger partial charge in [-0.2, -0.15) is 0 Å². The summed E-state index contributed by atoms with van der Waals surface area (Å²) in [5, 5.41) is 11.5. The van der Waals surface area contributed by atoms with Crippen LogP contribution in [0.5, 0.6) is 5.75 Å². The summed E-state index contributed by atoms with van der Waals surface area (Å²) in [7, 11) is 0. The molecular weight excluding hydrogens is 306 g/mol. The maximum absolute atomic E-state index is 10.4. The summed E-state index contributed by atoms with van der Waals surface area (Å²) in [6, 6.07) is 24.2. The summed E-state index contributed by atoms with van der Waals surface area (Å²) in [4.78, 5) is 4.87. The van der Waals surface area contributed by atoms with Gasteiger partial charge in [-0.05, 0) is 48.7 Å². The molecule has 4 aromatic rings. The number of aromatic nitrogens is 1. The number of hydrogen-bond donors (Lipinski definition) is 1. The monoisotopic (exact) mass is 325 g/mol. The summed E-state index contributed by atoms with van der Waals surface area (Å²) >= 11 is 0. The molecule has 1 heterocycles. The van der Waals surface area contributed by atoms with Gasteiger partial charge in [0, 0.05) is 10.9 Å². The van der Waals surface area contributed by atoms with Gasteiger partial charge in [-0.1, -0.05) is 60.2 Å². The van der Waals surface area contributed by atoms with Crippen molar-refractivity contribution in [2.24, 2.45) is 0 Å². The molecule has 4 rings (SSSR count). The third-order valence-electron chi connectivity index (χ3n) is 4.61. The Kier molecular flexibility index (Phi) is 3.73. The van der Waals surface area contributed by atoms with Crippen LogP contribution in [0.3, 0.4) is 0 Å². The van der Waals surface area contributed by atoms with Crippen LogP contribution in [-0.2, 0) is 0 Å². The Hall–Kier alpha value is -3.13. The Balaban J connectivity index is 2.11. The molecule has 0 saturated carbocycles. The number of nitrogens with zero attached hydrogens (tertiary/aromatic N) is 1. The van der Waals surface area contributed by atoms with E-state index < -0.39 is 0 Å². The Bertz CT molecular complexity index is 1070. The summed E-state index contributed by atoms with van der Waals surface area (Å²) < 4.78 is 0. The number of hydrogen-bond acceptors (Lipinski definition) is 2. The van der Waals surface area contributed by atoms with Crippen molar-refractivity contribution in [3.05, 3.63) is 83.9 Å². The second-order valence-corrected chi connectivity index (χ2v) is 6.36. The minimum Gasteiger partial charge on any atom is -0.507 e. The maximum atomic E-state index is 10.4. The van der Waals surface area contributed by atoms with Gasteiger partial charge in [-0.25, -0.2) is 4.98 Å². The first-order valence-corrected chi connectivity index (χ1v) is 8.40. The third-order valence-corrected chi connectivity index (χ3v) is 4.61. The summed E-state index contributed by atoms with van der Waals surface area (Å²) in [6.07, 6.45) is 0. The molecule has 2 heteroatoms. The van der Waals surface area contributed by atoms with Crippen LogP contribution in [0.15, 0.2) is 72.8 Å². The van der Waals surface area contributed by atoms with Crippen LogP contribution in [0.4, 0.5) is 0 Å². The van der Waals surface area contributed by atoms with E-state index in [0.717, 1.165) is 38.9 Å². The van der Waals surface area contributed by atoms with Gasteiger partial charge >= 0.3 is 0 Å². The molecule has 0 saturated heterocycles. The highest BCUT2D eigenvalue weighted by Gasteiger charge is 2.16. The summed E-state index contributed by atoms with van der Waals surface area (Å²) in [5.74, 6) is 0.260. The van der Waals surface area contributed by atoms with E-state index in [-0.39, 0.29) is 5.75 Å². The molecule has 25 heavy (non-hydrogen) atoms. The highest BCUT2D eigenvalue weighted by molar-refractivity contribution is 5.99. The van der Waals surface area contributed by atoms with Crippen LogP contribution >= 0.6 is 0 Å². The van der Waals surface area contributed by atoms with Crippen molar-refractivity contribution in [3.63, 3.8) is 0 Å². The minimum absolute atomic E-state index is 0.260. The largest absolute Gasteiger partial charge is 0.507 e. The Morgan fingerprint density at radius 3 is 2.32 bits per heavy atom. The molecule has 1 aromatic heterocycles. The van der Waals surface area contributed by atoms with Crippen molar-refractivity contribution in [2.75, 3.05) is 0 Å². The molecular formula is C23H19NO. The molecule has 0 fully saturated rings. The number of fused-ring (bicyclic) bond motifs is 1. The van der Waals surface area contributed by atoms with Crippen LogP contribution < -0.4 is 0 Å².